The first-order chi connectivity index (χ1) is 11.1. The monoisotopic (exact) mass is 316 g/mol. The maximum atomic E-state index is 12.4. The van der Waals surface area contributed by atoms with Crippen molar-refractivity contribution in [3.05, 3.63) is 45.2 Å². The Morgan fingerprint density at radius 3 is 2.96 bits per heavy atom. The van der Waals surface area contributed by atoms with Crippen LogP contribution in [0, 0.1) is 13.8 Å². The summed E-state index contributed by atoms with van der Waals surface area (Å²) in [4.78, 5) is 18.1. The number of aryl methyl sites for hydroxylation is 2. The van der Waals surface area contributed by atoms with E-state index in [1.165, 1.54) is 0 Å². The van der Waals surface area contributed by atoms with Gasteiger partial charge in [0.2, 0.25) is 0 Å². The number of pyridine rings is 1. The molecule has 3 rings (SSSR count). The molecule has 23 heavy (non-hydrogen) atoms. The Morgan fingerprint density at radius 2 is 2.17 bits per heavy atom. The van der Waals surface area contributed by atoms with Crippen molar-refractivity contribution in [3.8, 4) is 0 Å². The van der Waals surface area contributed by atoms with Crippen LogP contribution < -0.4 is 5.43 Å². The number of aliphatic hydroxyl groups excluding tert-OH is 1. The van der Waals surface area contributed by atoms with Crippen molar-refractivity contribution in [1.82, 2.24) is 9.88 Å². The predicted molar refractivity (Wildman–Crippen MR) is 90.8 cm³/mol. The van der Waals surface area contributed by atoms with Crippen molar-refractivity contribution < 1.29 is 9.84 Å². The number of aromatic nitrogens is 1. The fourth-order valence-electron chi connectivity index (χ4n) is 3.33. The topological polar surface area (TPSA) is 65.6 Å². The third kappa shape index (κ3) is 3.63. The maximum Gasteiger partial charge on any atom is 0.189 e. The largest absolute Gasteiger partial charge is 0.396 e. The number of ether oxygens (including phenoxy) is 1. The number of nitrogens with zero attached hydrogens (tertiary/aromatic N) is 1. The second kappa shape index (κ2) is 6.83. The summed E-state index contributed by atoms with van der Waals surface area (Å²) >= 11 is 0. The van der Waals surface area contributed by atoms with E-state index in [0.717, 1.165) is 40.8 Å². The Bertz CT molecular complexity index is 752. The van der Waals surface area contributed by atoms with Crippen molar-refractivity contribution in [3.63, 3.8) is 0 Å². The molecule has 124 valence electrons. The lowest BCUT2D eigenvalue weighted by molar-refractivity contribution is -0.0410. The van der Waals surface area contributed by atoms with Gasteiger partial charge in [0.15, 0.2) is 5.43 Å². The molecule has 0 bridgehead atoms. The molecule has 0 unspecified atom stereocenters. The maximum absolute atomic E-state index is 12.4. The Hall–Kier alpha value is -1.69. The lowest BCUT2D eigenvalue weighted by Crippen LogP contribution is -2.42. The molecule has 0 aliphatic carbocycles. The van der Waals surface area contributed by atoms with Crippen LogP contribution in [0.1, 0.15) is 23.2 Å². The SMILES string of the molecule is Cc1cc(C)c2[nH]c(CN3CCO[C@H](CCO)C3)cc(=O)c2c1. The molecule has 1 aliphatic heterocycles. The van der Waals surface area contributed by atoms with E-state index >= 15 is 0 Å². The van der Waals surface area contributed by atoms with Crippen LogP contribution in [0.3, 0.4) is 0 Å². The molecule has 0 spiro atoms. The van der Waals surface area contributed by atoms with Crippen molar-refractivity contribution in [1.29, 1.82) is 0 Å². The van der Waals surface area contributed by atoms with Gasteiger partial charge in [-0.05, 0) is 37.5 Å². The Kier molecular flexibility index (Phi) is 4.80. The fraction of sp³-hybridized carbons (Fsp3) is 0.500. The lowest BCUT2D eigenvalue weighted by atomic mass is 10.1. The standard InChI is InChI=1S/C18H24N2O3/c1-12-7-13(2)18-16(8-12)17(22)9-14(19-18)10-20-4-6-23-15(11-20)3-5-21/h7-9,15,21H,3-6,10-11H2,1-2H3,(H,19,22)/t15-/m1/s1. The number of hydrogen-bond acceptors (Lipinski definition) is 4. The number of morpholine rings is 1. The molecular formula is C18H24N2O3. The summed E-state index contributed by atoms with van der Waals surface area (Å²) in [6.07, 6.45) is 0.730. The van der Waals surface area contributed by atoms with Crippen LogP contribution in [0.2, 0.25) is 0 Å². The molecule has 1 aliphatic rings. The summed E-state index contributed by atoms with van der Waals surface area (Å²) in [5.41, 5.74) is 4.13. The Morgan fingerprint density at radius 1 is 1.35 bits per heavy atom. The minimum Gasteiger partial charge on any atom is -0.396 e. The summed E-state index contributed by atoms with van der Waals surface area (Å²) < 4.78 is 5.64. The van der Waals surface area contributed by atoms with Crippen molar-refractivity contribution in [2.45, 2.75) is 32.9 Å². The van der Waals surface area contributed by atoms with Gasteiger partial charge in [-0.3, -0.25) is 9.69 Å². The van der Waals surface area contributed by atoms with Gasteiger partial charge < -0.3 is 14.8 Å². The summed E-state index contributed by atoms with van der Waals surface area (Å²) in [5.74, 6) is 0. The zero-order valence-electron chi connectivity index (χ0n) is 13.8. The van der Waals surface area contributed by atoms with Gasteiger partial charge in [-0.2, -0.15) is 0 Å². The van der Waals surface area contributed by atoms with E-state index in [2.05, 4.69) is 16.0 Å². The molecule has 2 N–H and O–H groups in total. The first kappa shape index (κ1) is 16.2. The van der Waals surface area contributed by atoms with Crippen LogP contribution in [-0.4, -0.2) is 47.4 Å². The van der Waals surface area contributed by atoms with Gasteiger partial charge in [-0.1, -0.05) is 6.07 Å². The van der Waals surface area contributed by atoms with Crippen LogP contribution in [0.25, 0.3) is 10.9 Å². The van der Waals surface area contributed by atoms with Gasteiger partial charge in [-0.25, -0.2) is 0 Å². The molecule has 0 saturated carbocycles. The number of nitrogens with one attached hydrogen (secondary N) is 1. The zero-order chi connectivity index (χ0) is 16.4. The van der Waals surface area contributed by atoms with Crippen LogP contribution in [0.15, 0.2) is 23.0 Å². The highest BCUT2D eigenvalue weighted by atomic mass is 16.5. The Labute approximate surface area is 135 Å². The van der Waals surface area contributed by atoms with Gasteiger partial charge in [0, 0.05) is 43.4 Å². The molecular weight excluding hydrogens is 292 g/mol. The number of hydrogen-bond donors (Lipinski definition) is 2. The average molecular weight is 316 g/mol. The van der Waals surface area contributed by atoms with Gasteiger partial charge in [0.05, 0.1) is 18.2 Å². The van der Waals surface area contributed by atoms with E-state index in [9.17, 15) is 4.79 Å². The molecule has 2 aromatic rings. The minimum atomic E-state index is 0.0701. The third-order valence-electron chi connectivity index (χ3n) is 4.40. The van der Waals surface area contributed by atoms with Crippen molar-refractivity contribution in [2.24, 2.45) is 0 Å². The van der Waals surface area contributed by atoms with Gasteiger partial charge in [0.1, 0.15) is 0 Å². The number of aliphatic hydroxyl groups is 1. The Balaban J connectivity index is 1.85. The number of H-pyrrole nitrogens is 1. The van der Waals surface area contributed by atoms with Gasteiger partial charge in [0.25, 0.3) is 0 Å². The second-order valence-electron chi connectivity index (χ2n) is 6.40. The summed E-state index contributed by atoms with van der Waals surface area (Å²) in [6.45, 7) is 7.17. The molecule has 1 aromatic carbocycles. The van der Waals surface area contributed by atoms with Crippen LogP contribution >= 0.6 is 0 Å². The molecule has 1 atom stereocenters. The molecule has 0 radical (unpaired) electrons. The van der Waals surface area contributed by atoms with Crippen LogP contribution in [0.5, 0.6) is 0 Å². The van der Waals surface area contributed by atoms with Gasteiger partial charge in [-0.15, -0.1) is 0 Å². The lowest BCUT2D eigenvalue weighted by Gasteiger charge is -2.32. The van der Waals surface area contributed by atoms with E-state index in [-0.39, 0.29) is 18.1 Å². The quantitative estimate of drug-likeness (QED) is 0.901. The molecule has 5 nitrogen and oxygen atoms in total. The highest BCUT2D eigenvalue weighted by Crippen LogP contribution is 2.17. The van der Waals surface area contributed by atoms with E-state index in [1.807, 2.05) is 19.9 Å². The van der Waals surface area contributed by atoms with Gasteiger partial charge >= 0.3 is 0 Å². The first-order valence-electron chi connectivity index (χ1n) is 8.15. The molecule has 0 amide bonds. The number of rotatable bonds is 4. The minimum absolute atomic E-state index is 0.0701. The van der Waals surface area contributed by atoms with Crippen LogP contribution in [0.4, 0.5) is 0 Å². The van der Waals surface area contributed by atoms with Crippen LogP contribution in [-0.2, 0) is 11.3 Å². The smallest absolute Gasteiger partial charge is 0.189 e. The third-order valence-corrected chi connectivity index (χ3v) is 4.40. The fourth-order valence-corrected chi connectivity index (χ4v) is 3.33. The summed E-state index contributed by atoms with van der Waals surface area (Å²) in [5, 5.41) is 9.81. The number of fused-ring (bicyclic) bond motifs is 1. The average Bonchev–Trinajstić information content (AvgIpc) is 2.49. The second-order valence-corrected chi connectivity index (χ2v) is 6.40. The summed E-state index contributed by atoms with van der Waals surface area (Å²) in [7, 11) is 0. The predicted octanol–water partition coefficient (Wildman–Crippen LogP) is 1.73. The zero-order valence-corrected chi connectivity index (χ0v) is 13.8. The molecule has 5 heteroatoms. The molecule has 1 aromatic heterocycles. The molecule has 1 fully saturated rings. The normalized spacial score (nSPS) is 19.3. The number of aromatic amines is 1. The van der Waals surface area contributed by atoms with Crippen molar-refractivity contribution in [2.75, 3.05) is 26.3 Å². The van der Waals surface area contributed by atoms with E-state index in [1.54, 1.807) is 6.07 Å². The first-order valence-corrected chi connectivity index (χ1v) is 8.15. The highest BCUT2D eigenvalue weighted by Gasteiger charge is 2.20. The molecule has 1 saturated heterocycles. The molecule has 2 heterocycles. The van der Waals surface area contributed by atoms with E-state index in [4.69, 9.17) is 9.84 Å². The summed E-state index contributed by atoms with van der Waals surface area (Å²) in [6, 6.07) is 5.74. The highest BCUT2D eigenvalue weighted by molar-refractivity contribution is 5.82. The number of benzene rings is 1. The van der Waals surface area contributed by atoms with E-state index < -0.39 is 0 Å². The van der Waals surface area contributed by atoms with Crippen molar-refractivity contribution >= 4 is 10.9 Å². The van der Waals surface area contributed by atoms with E-state index in [0.29, 0.717) is 19.6 Å².